The maximum atomic E-state index is 15.5. The number of carbonyl (C=O) groups is 1. The van der Waals surface area contributed by atoms with Crippen LogP contribution in [0.1, 0.15) is 10.4 Å². The van der Waals surface area contributed by atoms with E-state index in [1.807, 2.05) is 19.0 Å². The summed E-state index contributed by atoms with van der Waals surface area (Å²) in [5.74, 6) is -0.315. The predicted octanol–water partition coefficient (Wildman–Crippen LogP) is 6.41. The molecule has 0 saturated heterocycles. The van der Waals surface area contributed by atoms with Gasteiger partial charge in [0, 0.05) is 66.7 Å². The van der Waals surface area contributed by atoms with Crippen LogP contribution in [-0.2, 0) is 0 Å². The molecule has 0 atom stereocenters. The summed E-state index contributed by atoms with van der Waals surface area (Å²) in [6.07, 6.45) is 3.35. The van der Waals surface area contributed by atoms with Crippen LogP contribution in [0.25, 0.3) is 55.8 Å². The molecule has 0 aliphatic carbocycles. The summed E-state index contributed by atoms with van der Waals surface area (Å²) in [6, 6.07) is 15.9. The van der Waals surface area contributed by atoms with E-state index in [1.165, 1.54) is 25.2 Å². The molecule has 7 nitrogen and oxygen atoms in total. The molecule has 6 aromatic rings. The van der Waals surface area contributed by atoms with Gasteiger partial charge in [-0.3, -0.25) is 9.78 Å². The van der Waals surface area contributed by atoms with Gasteiger partial charge in [-0.2, -0.15) is 0 Å². The molecule has 2 N–H and O–H groups in total. The van der Waals surface area contributed by atoms with E-state index in [-0.39, 0.29) is 11.5 Å². The summed E-state index contributed by atoms with van der Waals surface area (Å²) in [4.78, 5) is 26.9. The van der Waals surface area contributed by atoms with E-state index < -0.39 is 11.6 Å². The monoisotopic (exact) mass is 523 g/mol. The molecule has 0 radical (unpaired) electrons. The predicted molar refractivity (Wildman–Crippen MR) is 148 cm³/mol. The highest BCUT2D eigenvalue weighted by molar-refractivity contribution is 6.13. The zero-order valence-electron chi connectivity index (χ0n) is 21.3. The van der Waals surface area contributed by atoms with E-state index in [0.29, 0.717) is 50.5 Å². The number of halogens is 2. The number of hydrogen-bond acceptors (Lipinski definition) is 5. The Balaban J connectivity index is 1.59. The van der Waals surface area contributed by atoms with Crippen molar-refractivity contribution in [2.75, 3.05) is 26.0 Å². The molecule has 3 aromatic heterocycles. The number of anilines is 1. The van der Waals surface area contributed by atoms with Gasteiger partial charge in [0.2, 0.25) is 0 Å². The summed E-state index contributed by atoms with van der Waals surface area (Å²) in [6.45, 7) is 0. The molecule has 0 aliphatic heterocycles. The largest absolute Gasteiger partial charge is 0.455 e. The first-order valence-corrected chi connectivity index (χ1v) is 12.2. The van der Waals surface area contributed by atoms with Crippen LogP contribution in [0.5, 0.6) is 0 Å². The fraction of sp³-hybridized carbons (Fsp3) is 0.100. The normalized spacial score (nSPS) is 11.3. The molecule has 0 bridgehead atoms. The van der Waals surface area contributed by atoms with E-state index in [9.17, 15) is 9.18 Å². The molecular weight excluding hydrogens is 500 g/mol. The smallest absolute Gasteiger partial charge is 0.255 e. The van der Waals surface area contributed by atoms with Gasteiger partial charge in [0.15, 0.2) is 0 Å². The van der Waals surface area contributed by atoms with Crippen LogP contribution in [0.4, 0.5) is 14.5 Å². The van der Waals surface area contributed by atoms with Crippen LogP contribution in [0, 0.1) is 11.6 Å². The Hall–Kier alpha value is -5.05. The lowest BCUT2D eigenvalue weighted by Crippen LogP contribution is -2.18. The third-order valence-electron chi connectivity index (χ3n) is 6.66. The number of nitrogens with zero attached hydrogens (tertiary/aromatic N) is 3. The molecule has 0 fully saturated rings. The number of nitrogens with one attached hydrogen (secondary N) is 2. The second kappa shape index (κ2) is 9.36. The maximum Gasteiger partial charge on any atom is 0.255 e. The lowest BCUT2D eigenvalue weighted by Gasteiger charge is -2.19. The van der Waals surface area contributed by atoms with E-state index >= 15 is 4.39 Å². The zero-order chi connectivity index (χ0) is 27.3. The molecule has 194 valence electrons. The van der Waals surface area contributed by atoms with Gasteiger partial charge < -0.3 is 19.6 Å². The van der Waals surface area contributed by atoms with E-state index in [1.54, 1.807) is 54.9 Å². The molecule has 0 unspecified atom stereocenters. The van der Waals surface area contributed by atoms with Crippen molar-refractivity contribution in [2.24, 2.45) is 0 Å². The van der Waals surface area contributed by atoms with Crippen LogP contribution in [-0.4, -0.2) is 42.0 Å². The van der Waals surface area contributed by atoms with Gasteiger partial charge >= 0.3 is 0 Å². The number of hydrogen-bond donors (Lipinski definition) is 2. The molecule has 39 heavy (non-hydrogen) atoms. The molecule has 3 heterocycles. The lowest BCUT2D eigenvalue weighted by molar-refractivity contribution is 0.0964. The summed E-state index contributed by atoms with van der Waals surface area (Å²) in [7, 11) is 5.22. The van der Waals surface area contributed by atoms with Crippen molar-refractivity contribution < 1.29 is 18.0 Å². The number of pyridine rings is 1. The molecule has 6 rings (SSSR count). The highest BCUT2D eigenvalue weighted by atomic mass is 19.1. The number of aromatic amines is 1. The molecule has 1 amide bonds. The summed E-state index contributed by atoms with van der Waals surface area (Å²) in [5.41, 5.74) is 5.10. The lowest BCUT2D eigenvalue weighted by atomic mass is 9.96. The first-order valence-electron chi connectivity index (χ1n) is 12.2. The zero-order valence-corrected chi connectivity index (χ0v) is 21.3. The fourth-order valence-corrected chi connectivity index (χ4v) is 4.75. The number of rotatable bonds is 5. The standard InChI is InChI=1S/C30H23F2N5O2/c1-33-30(38)27-21-13-20(25(37(2)3)14-26(21)39-28(27)16-4-7-18(31)8-5-16)19-12-17(6-9-22(19)32)29-35-23-10-11-34-15-24(23)36-29/h4-15H,1-3H3,(H,33,38)(H,35,36). The van der Waals surface area contributed by atoms with Gasteiger partial charge in [-0.05, 0) is 54.6 Å². The van der Waals surface area contributed by atoms with Crippen molar-refractivity contribution in [2.45, 2.75) is 0 Å². The number of imidazole rings is 1. The maximum absolute atomic E-state index is 15.5. The van der Waals surface area contributed by atoms with Crippen LogP contribution < -0.4 is 10.2 Å². The van der Waals surface area contributed by atoms with Crippen LogP contribution in [0.2, 0.25) is 0 Å². The number of aromatic nitrogens is 3. The second-order valence-corrected chi connectivity index (χ2v) is 9.33. The molecule has 0 saturated carbocycles. The van der Waals surface area contributed by atoms with Crippen molar-refractivity contribution in [3.63, 3.8) is 0 Å². The Morgan fingerprint density at radius 2 is 1.74 bits per heavy atom. The third kappa shape index (κ3) is 4.17. The Bertz CT molecular complexity index is 1840. The number of fused-ring (bicyclic) bond motifs is 2. The topological polar surface area (TPSA) is 87.1 Å². The van der Waals surface area contributed by atoms with Crippen molar-refractivity contribution in [3.05, 3.63) is 90.3 Å². The summed E-state index contributed by atoms with van der Waals surface area (Å²) >= 11 is 0. The Morgan fingerprint density at radius 1 is 0.974 bits per heavy atom. The highest BCUT2D eigenvalue weighted by Crippen LogP contribution is 2.42. The van der Waals surface area contributed by atoms with Crippen molar-refractivity contribution in [1.82, 2.24) is 20.3 Å². The van der Waals surface area contributed by atoms with E-state index in [4.69, 9.17) is 4.42 Å². The van der Waals surface area contributed by atoms with E-state index in [2.05, 4.69) is 20.3 Å². The summed E-state index contributed by atoms with van der Waals surface area (Å²) in [5, 5.41) is 3.17. The molecule has 0 aliphatic rings. The molecule has 3 aromatic carbocycles. The number of benzene rings is 3. The van der Waals surface area contributed by atoms with E-state index in [0.717, 1.165) is 11.0 Å². The van der Waals surface area contributed by atoms with Crippen LogP contribution in [0.15, 0.2) is 77.5 Å². The van der Waals surface area contributed by atoms with Gasteiger partial charge in [-0.1, -0.05) is 0 Å². The Morgan fingerprint density at radius 3 is 2.46 bits per heavy atom. The Kier molecular flexibility index (Phi) is 5.83. The molecular formula is C30H23F2N5O2. The van der Waals surface area contributed by atoms with Crippen molar-refractivity contribution in [3.8, 4) is 33.8 Å². The number of furan rings is 1. The van der Waals surface area contributed by atoms with Gasteiger partial charge in [-0.25, -0.2) is 13.8 Å². The molecule has 9 heteroatoms. The van der Waals surface area contributed by atoms with Gasteiger partial charge in [0.1, 0.15) is 28.8 Å². The SMILES string of the molecule is CNC(=O)c1c(-c2ccc(F)cc2)oc2cc(N(C)C)c(-c3cc(-c4nc5ccncc5[nH]4)ccc3F)cc12. The first-order chi connectivity index (χ1) is 18.8. The van der Waals surface area contributed by atoms with Crippen LogP contribution >= 0.6 is 0 Å². The van der Waals surface area contributed by atoms with Crippen LogP contribution in [0.3, 0.4) is 0 Å². The minimum atomic E-state index is -0.428. The summed E-state index contributed by atoms with van der Waals surface area (Å²) < 4.78 is 35.2. The second-order valence-electron chi connectivity index (χ2n) is 9.33. The number of H-pyrrole nitrogens is 1. The number of amides is 1. The average molecular weight is 524 g/mol. The van der Waals surface area contributed by atoms with Gasteiger partial charge in [0.05, 0.1) is 22.8 Å². The minimum Gasteiger partial charge on any atom is -0.455 e. The van der Waals surface area contributed by atoms with Gasteiger partial charge in [-0.15, -0.1) is 0 Å². The minimum absolute atomic E-state index is 0.284. The number of carbonyl (C=O) groups excluding carboxylic acids is 1. The van der Waals surface area contributed by atoms with Crippen molar-refractivity contribution >= 4 is 33.6 Å². The fourth-order valence-electron chi connectivity index (χ4n) is 4.75. The third-order valence-corrected chi connectivity index (χ3v) is 6.66. The quantitative estimate of drug-likeness (QED) is 0.273. The Labute approximate surface area is 222 Å². The van der Waals surface area contributed by atoms with Gasteiger partial charge in [0.25, 0.3) is 5.91 Å². The molecule has 0 spiro atoms. The highest BCUT2D eigenvalue weighted by Gasteiger charge is 2.25. The van der Waals surface area contributed by atoms with Crippen molar-refractivity contribution in [1.29, 1.82) is 0 Å². The first kappa shape index (κ1) is 24.3. The average Bonchev–Trinajstić information content (AvgIpc) is 3.54.